The van der Waals surface area contributed by atoms with Gasteiger partial charge in [0.2, 0.25) is 0 Å². The molecule has 0 amide bonds. The Hall–Kier alpha value is -0.990. The second-order valence-electron chi connectivity index (χ2n) is 4.59. The molecule has 0 saturated heterocycles. The Balaban J connectivity index is 1.88. The van der Waals surface area contributed by atoms with E-state index >= 15 is 0 Å². The predicted octanol–water partition coefficient (Wildman–Crippen LogP) is 5.20. The molecular weight excluding hydrogens is 310 g/mol. The van der Waals surface area contributed by atoms with E-state index in [9.17, 15) is 0 Å². The van der Waals surface area contributed by atoms with Gasteiger partial charge >= 0.3 is 0 Å². The van der Waals surface area contributed by atoms with E-state index in [0.29, 0.717) is 6.04 Å². The molecule has 1 aliphatic heterocycles. The van der Waals surface area contributed by atoms with Gasteiger partial charge in [-0.15, -0.1) is 0 Å². The van der Waals surface area contributed by atoms with Crippen molar-refractivity contribution >= 4 is 33.2 Å². The molecule has 3 heteroatoms. The third-order valence-corrected chi connectivity index (χ3v) is 4.12. The molecule has 0 saturated carbocycles. The molecule has 1 atom stereocenters. The number of benzene rings is 2. The summed E-state index contributed by atoms with van der Waals surface area (Å²) in [5, 5.41) is 4.39. The molecule has 1 heterocycles. The molecule has 2 aromatic rings. The minimum atomic E-state index is 0.379. The molecule has 1 N–H and O–H groups in total. The summed E-state index contributed by atoms with van der Waals surface area (Å²) in [5.74, 6) is 0. The van der Waals surface area contributed by atoms with Gasteiger partial charge in [-0.2, -0.15) is 0 Å². The average molecular weight is 323 g/mol. The lowest BCUT2D eigenvalue weighted by Crippen LogP contribution is -2.17. The van der Waals surface area contributed by atoms with Gasteiger partial charge in [0.25, 0.3) is 0 Å². The van der Waals surface area contributed by atoms with Crippen molar-refractivity contribution in [3.63, 3.8) is 0 Å². The quantitative estimate of drug-likeness (QED) is 0.760. The standard InChI is InChI=1S/C15H13BrClN/c16-12-5-1-11-4-8-14(18-15(11)9-12)10-2-6-13(17)7-3-10/h1-3,5-7,9,14,18H,4,8H2. The molecule has 3 rings (SSSR count). The third-order valence-electron chi connectivity index (χ3n) is 3.38. The molecular formula is C15H13BrClN. The van der Waals surface area contributed by atoms with Crippen molar-refractivity contribution in [1.82, 2.24) is 0 Å². The third kappa shape index (κ3) is 2.40. The molecule has 18 heavy (non-hydrogen) atoms. The highest BCUT2D eigenvalue weighted by atomic mass is 79.9. The smallest absolute Gasteiger partial charge is 0.0517 e. The van der Waals surface area contributed by atoms with E-state index in [-0.39, 0.29) is 0 Å². The van der Waals surface area contributed by atoms with Crippen LogP contribution in [0.4, 0.5) is 5.69 Å². The molecule has 1 unspecified atom stereocenters. The SMILES string of the molecule is Clc1ccc(C2CCc3ccc(Br)cc3N2)cc1. The number of aryl methyl sites for hydroxylation is 1. The summed E-state index contributed by atoms with van der Waals surface area (Å²) >= 11 is 9.44. The average Bonchev–Trinajstić information content (AvgIpc) is 2.38. The van der Waals surface area contributed by atoms with Crippen LogP contribution in [0.25, 0.3) is 0 Å². The number of hydrogen-bond acceptors (Lipinski definition) is 1. The first kappa shape index (κ1) is 12.1. The van der Waals surface area contributed by atoms with E-state index in [1.165, 1.54) is 16.8 Å². The highest BCUT2D eigenvalue weighted by Gasteiger charge is 2.18. The summed E-state index contributed by atoms with van der Waals surface area (Å²) in [5.41, 5.74) is 3.92. The maximum absolute atomic E-state index is 5.93. The Morgan fingerprint density at radius 2 is 1.89 bits per heavy atom. The first-order chi connectivity index (χ1) is 8.72. The van der Waals surface area contributed by atoms with Crippen LogP contribution in [-0.2, 0) is 6.42 Å². The Labute approximate surface area is 120 Å². The molecule has 0 radical (unpaired) electrons. The zero-order chi connectivity index (χ0) is 12.5. The van der Waals surface area contributed by atoms with Gasteiger partial charge in [-0.1, -0.05) is 45.7 Å². The maximum atomic E-state index is 5.93. The molecule has 0 spiro atoms. The second kappa shape index (κ2) is 4.94. The van der Waals surface area contributed by atoms with Crippen LogP contribution in [0.3, 0.4) is 0 Å². The summed E-state index contributed by atoms with van der Waals surface area (Å²) < 4.78 is 1.12. The molecule has 0 aromatic heterocycles. The van der Waals surface area contributed by atoms with Crippen LogP contribution in [0.15, 0.2) is 46.9 Å². The summed E-state index contributed by atoms with van der Waals surface area (Å²) in [6.45, 7) is 0. The lowest BCUT2D eigenvalue weighted by molar-refractivity contribution is 0.668. The highest BCUT2D eigenvalue weighted by molar-refractivity contribution is 9.10. The largest absolute Gasteiger partial charge is 0.378 e. The van der Waals surface area contributed by atoms with Gasteiger partial charge in [0.05, 0.1) is 6.04 Å². The zero-order valence-corrected chi connectivity index (χ0v) is 12.1. The summed E-state index contributed by atoms with van der Waals surface area (Å²) in [7, 11) is 0. The normalized spacial score (nSPS) is 18.0. The van der Waals surface area contributed by atoms with Crippen molar-refractivity contribution < 1.29 is 0 Å². The second-order valence-corrected chi connectivity index (χ2v) is 5.94. The molecule has 1 aliphatic rings. The van der Waals surface area contributed by atoms with Crippen LogP contribution in [-0.4, -0.2) is 0 Å². The summed E-state index contributed by atoms with van der Waals surface area (Å²) in [4.78, 5) is 0. The minimum absolute atomic E-state index is 0.379. The van der Waals surface area contributed by atoms with Gasteiger partial charge in [-0.3, -0.25) is 0 Å². The minimum Gasteiger partial charge on any atom is -0.378 e. The van der Waals surface area contributed by atoms with Crippen LogP contribution in [0.1, 0.15) is 23.6 Å². The molecule has 1 nitrogen and oxygen atoms in total. The van der Waals surface area contributed by atoms with Gasteiger partial charge in [0.15, 0.2) is 0 Å². The summed E-state index contributed by atoms with van der Waals surface area (Å²) in [6.07, 6.45) is 2.24. The molecule has 2 aromatic carbocycles. The van der Waals surface area contributed by atoms with E-state index in [0.717, 1.165) is 22.3 Å². The molecule has 0 aliphatic carbocycles. The monoisotopic (exact) mass is 321 g/mol. The summed E-state index contributed by atoms with van der Waals surface area (Å²) in [6, 6.07) is 14.9. The van der Waals surface area contributed by atoms with Crippen molar-refractivity contribution in [2.75, 3.05) is 5.32 Å². The van der Waals surface area contributed by atoms with Crippen molar-refractivity contribution in [2.45, 2.75) is 18.9 Å². The first-order valence-corrected chi connectivity index (χ1v) is 7.20. The molecule has 0 fully saturated rings. The van der Waals surface area contributed by atoms with E-state index in [4.69, 9.17) is 11.6 Å². The zero-order valence-electron chi connectivity index (χ0n) is 9.79. The Morgan fingerprint density at radius 1 is 1.11 bits per heavy atom. The van der Waals surface area contributed by atoms with Gasteiger partial charge < -0.3 is 5.32 Å². The van der Waals surface area contributed by atoms with Crippen LogP contribution < -0.4 is 5.32 Å². The van der Waals surface area contributed by atoms with Gasteiger partial charge in [-0.05, 0) is 48.2 Å². The first-order valence-electron chi connectivity index (χ1n) is 6.03. The van der Waals surface area contributed by atoms with Crippen molar-refractivity contribution in [2.24, 2.45) is 0 Å². The van der Waals surface area contributed by atoms with Crippen LogP contribution in [0, 0.1) is 0 Å². The number of anilines is 1. The van der Waals surface area contributed by atoms with Crippen LogP contribution in [0.2, 0.25) is 5.02 Å². The van der Waals surface area contributed by atoms with Crippen LogP contribution in [0.5, 0.6) is 0 Å². The van der Waals surface area contributed by atoms with E-state index < -0.39 is 0 Å². The van der Waals surface area contributed by atoms with Gasteiger partial charge in [0, 0.05) is 15.2 Å². The van der Waals surface area contributed by atoms with E-state index in [2.05, 4.69) is 51.6 Å². The Morgan fingerprint density at radius 3 is 2.67 bits per heavy atom. The fourth-order valence-corrected chi connectivity index (χ4v) is 2.89. The number of rotatable bonds is 1. The number of nitrogens with one attached hydrogen (secondary N) is 1. The van der Waals surface area contributed by atoms with Crippen molar-refractivity contribution in [1.29, 1.82) is 0 Å². The lowest BCUT2D eigenvalue weighted by Gasteiger charge is -2.27. The predicted molar refractivity (Wildman–Crippen MR) is 80.3 cm³/mol. The Bertz CT molecular complexity index is 565. The molecule has 92 valence electrons. The lowest BCUT2D eigenvalue weighted by atomic mass is 9.93. The molecule has 0 bridgehead atoms. The van der Waals surface area contributed by atoms with Gasteiger partial charge in [0.1, 0.15) is 0 Å². The van der Waals surface area contributed by atoms with Crippen molar-refractivity contribution in [3.8, 4) is 0 Å². The Kier molecular flexibility index (Phi) is 3.31. The number of halogens is 2. The maximum Gasteiger partial charge on any atom is 0.0517 e. The fraction of sp³-hybridized carbons (Fsp3) is 0.200. The van der Waals surface area contributed by atoms with E-state index in [1.54, 1.807) is 0 Å². The topological polar surface area (TPSA) is 12.0 Å². The fourth-order valence-electron chi connectivity index (χ4n) is 2.41. The van der Waals surface area contributed by atoms with Crippen molar-refractivity contribution in [3.05, 3.63) is 63.1 Å². The number of hydrogen-bond donors (Lipinski definition) is 1. The van der Waals surface area contributed by atoms with Crippen LogP contribution >= 0.6 is 27.5 Å². The highest BCUT2D eigenvalue weighted by Crippen LogP contribution is 2.34. The number of fused-ring (bicyclic) bond motifs is 1. The van der Waals surface area contributed by atoms with Gasteiger partial charge in [-0.25, -0.2) is 0 Å². The van der Waals surface area contributed by atoms with E-state index in [1.807, 2.05) is 12.1 Å².